The lowest BCUT2D eigenvalue weighted by Crippen LogP contribution is -2.31. The van der Waals surface area contributed by atoms with Gasteiger partial charge in [-0.15, -0.1) is 0 Å². The van der Waals surface area contributed by atoms with Crippen molar-refractivity contribution >= 4 is 5.91 Å². The van der Waals surface area contributed by atoms with Crippen LogP contribution < -0.4 is 5.32 Å². The van der Waals surface area contributed by atoms with Crippen molar-refractivity contribution < 1.29 is 9.32 Å². The van der Waals surface area contributed by atoms with Crippen molar-refractivity contribution in [1.29, 1.82) is 0 Å². The molecule has 5 heteroatoms. The number of carbonyl (C=O) groups is 1. The molecule has 0 spiro atoms. The van der Waals surface area contributed by atoms with Crippen molar-refractivity contribution in [3.63, 3.8) is 0 Å². The third-order valence-electron chi connectivity index (χ3n) is 4.78. The van der Waals surface area contributed by atoms with E-state index in [1.165, 1.54) is 11.1 Å². The average molecular weight is 371 g/mol. The summed E-state index contributed by atoms with van der Waals surface area (Å²) in [6.45, 7) is 2.93. The van der Waals surface area contributed by atoms with Gasteiger partial charge in [0, 0.05) is 24.7 Å². The fourth-order valence-electron chi connectivity index (χ4n) is 3.26. The summed E-state index contributed by atoms with van der Waals surface area (Å²) < 4.78 is 5.25. The van der Waals surface area contributed by atoms with E-state index in [1.807, 2.05) is 30.3 Å². The highest BCUT2D eigenvalue weighted by Crippen LogP contribution is 2.19. The summed E-state index contributed by atoms with van der Waals surface area (Å²) in [6.07, 6.45) is 1.06. The van der Waals surface area contributed by atoms with Gasteiger partial charge in [0.25, 0.3) is 5.91 Å². The van der Waals surface area contributed by atoms with Crippen LogP contribution in [-0.2, 0) is 13.0 Å². The topological polar surface area (TPSA) is 58.4 Å². The molecule has 0 bridgehead atoms. The molecule has 1 amide bonds. The smallest absolute Gasteiger partial charge is 0.274 e. The minimum atomic E-state index is -0.285. The Kier molecular flexibility index (Phi) is 5.51. The van der Waals surface area contributed by atoms with E-state index in [-0.39, 0.29) is 18.1 Å². The lowest BCUT2D eigenvalue weighted by atomic mass is 10.0. The molecular formula is C23H21N3O2. The Balaban J connectivity index is 1.25. The number of rotatable bonds is 4. The number of benzene rings is 2. The van der Waals surface area contributed by atoms with Crippen LogP contribution in [0.4, 0.5) is 0 Å². The molecular weight excluding hydrogens is 350 g/mol. The largest absolute Gasteiger partial charge is 0.355 e. The van der Waals surface area contributed by atoms with Crippen LogP contribution >= 0.6 is 0 Å². The molecule has 3 aromatic rings. The van der Waals surface area contributed by atoms with Gasteiger partial charge in [-0.1, -0.05) is 71.6 Å². The van der Waals surface area contributed by atoms with E-state index in [4.69, 9.17) is 4.52 Å². The van der Waals surface area contributed by atoms with Crippen molar-refractivity contribution in [3.05, 3.63) is 77.5 Å². The van der Waals surface area contributed by atoms with E-state index in [0.717, 1.165) is 25.1 Å². The summed E-state index contributed by atoms with van der Waals surface area (Å²) in [5, 5.41) is 6.61. The third-order valence-corrected chi connectivity index (χ3v) is 4.78. The Labute approximate surface area is 164 Å². The van der Waals surface area contributed by atoms with E-state index in [0.29, 0.717) is 12.3 Å². The molecule has 28 heavy (non-hydrogen) atoms. The van der Waals surface area contributed by atoms with E-state index in [9.17, 15) is 4.79 Å². The molecule has 0 saturated heterocycles. The molecule has 1 N–H and O–H groups in total. The number of fused-ring (bicyclic) bond motifs is 1. The second-order valence-electron chi connectivity index (χ2n) is 6.71. The Morgan fingerprint density at radius 1 is 1.07 bits per heavy atom. The molecule has 0 unspecified atom stereocenters. The van der Waals surface area contributed by atoms with Gasteiger partial charge in [0.05, 0.1) is 13.1 Å². The molecule has 1 aromatic heterocycles. The van der Waals surface area contributed by atoms with Crippen LogP contribution in [0.15, 0.2) is 65.2 Å². The van der Waals surface area contributed by atoms with Crippen LogP contribution in [0, 0.1) is 11.8 Å². The number of carbonyl (C=O) groups excluding carboxylic acids is 1. The lowest BCUT2D eigenvalue weighted by molar-refractivity contribution is 0.0950. The quantitative estimate of drug-likeness (QED) is 0.716. The molecule has 2 aromatic carbocycles. The predicted molar refractivity (Wildman–Crippen MR) is 107 cm³/mol. The molecule has 0 atom stereocenters. The lowest BCUT2D eigenvalue weighted by Gasteiger charge is -2.26. The maximum Gasteiger partial charge on any atom is 0.274 e. The molecule has 140 valence electrons. The predicted octanol–water partition coefficient (Wildman–Crippen LogP) is 3.13. The van der Waals surface area contributed by atoms with Gasteiger partial charge in [0.15, 0.2) is 11.5 Å². The van der Waals surface area contributed by atoms with Crippen molar-refractivity contribution in [2.75, 3.05) is 19.6 Å². The Morgan fingerprint density at radius 2 is 1.86 bits per heavy atom. The van der Waals surface area contributed by atoms with Gasteiger partial charge in [-0.25, -0.2) is 0 Å². The van der Waals surface area contributed by atoms with Crippen LogP contribution in [0.25, 0.3) is 11.3 Å². The number of nitrogens with zero attached hydrogens (tertiary/aromatic N) is 2. The summed E-state index contributed by atoms with van der Waals surface area (Å²) in [7, 11) is 0. The maximum atomic E-state index is 12.2. The van der Waals surface area contributed by atoms with Gasteiger partial charge in [-0.2, -0.15) is 0 Å². The first kappa shape index (κ1) is 18.0. The fourth-order valence-corrected chi connectivity index (χ4v) is 3.26. The van der Waals surface area contributed by atoms with E-state index < -0.39 is 0 Å². The molecule has 1 aliphatic rings. The Morgan fingerprint density at radius 3 is 2.71 bits per heavy atom. The zero-order valence-electron chi connectivity index (χ0n) is 15.5. The van der Waals surface area contributed by atoms with Crippen molar-refractivity contribution in [1.82, 2.24) is 15.4 Å². The first-order valence-electron chi connectivity index (χ1n) is 9.35. The number of amides is 1. The molecule has 0 saturated carbocycles. The fraction of sp³-hybridized carbons (Fsp3) is 0.217. The van der Waals surface area contributed by atoms with Crippen LogP contribution in [0.2, 0.25) is 0 Å². The van der Waals surface area contributed by atoms with Gasteiger partial charge in [0.2, 0.25) is 0 Å². The van der Waals surface area contributed by atoms with Gasteiger partial charge in [-0.3, -0.25) is 9.69 Å². The minimum Gasteiger partial charge on any atom is -0.355 e. The summed E-state index contributed by atoms with van der Waals surface area (Å²) in [5.74, 6) is 6.44. The molecule has 2 heterocycles. The SMILES string of the molecule is O=C(NCC#CCN1CCc2ccccc2C1)c1cc(-c2ccccc2)on1. The summed E-state index contributed by atoms with van der Waals surface area (Å²) >= 11 is 0. The first-order chi connectivity index (χ1) is 13.8. The number of hydrogen-bond donors (Lipinski definition) is 1. The standard InChI is InChI=1S/C23H21N3O2/c27-23(21-16-22(28-25-21)19-9-2-1-3-10-19)24-13-6-7-14-26-15-12-18-8-4-5-11-20(18)17-26/h1-5,8-11,16H,12-15,17H2,(H,24,27). The summed E-state index contributed by atoms with van der Waals surface area (Å²) in [5.41, 5.74) is 3.95. The molecule has 0 radical (unpaired) electrons. The number of hydrogen-bond acceptors (Lipinski definition) is 4. The van der Waals surface area contributed by atoms with Crippen LogP contribution in [0.5, 0.6) is 0 Å². The van der Waals surface area contributed by atoms with Crippen molar-refractivity contribution in [2.45, 2.75) is 13.0 Å². The summed E-state index contributed by atoms with van der Waals surface area (Å²) in [6, 6.07) is 19.8. The second-order valence-corrected chi connectivity index (χ2v) is 6.71. The third kappa shape index (κ3) is 4.30. The van der Waals surface area contributed by atoms with Crippen LogP contribution in [0.1, 0.15) is 21.6 Å². The molecule has 5 nitrogen and oxygen atoms in total. The highest BCUT2D eigenvalue weighted by Gasteiger charge is 2.14. The highest BCUT2D eigenvalue weighted by atomic mass is 16.5. The zero-order valence-corrected chi connectivity index (χ0v) is 15.5. The van der Waals surface area contributed by atoms with Gasteiger partial charge in [-0.05, 0) is 17.5 Å². The normalized spacial score (nSPS) is 13.3. The maximum absolute atomic E-state index is 12.2. The molecule has 1 aliphatic heterocycles. The number of nitrogens with one attached hydrogen (secondary N) is 1. The van der Waals surface area contributed by atoms with E-state index in [1.54, 1.807) is 6.07 Å². The van der Waals surface area contributed by atoms with Gasteiger partial charge in [0.1, 0.15) is 0 Å². The molecule has 0 fully saturated rings. The van der Waals surface area contributed by atoms with E-state index in [2.05, 4.69) is 51.5 Å². The highest BCUT2D eigenvalue weighted by molar-refractivity contribution is 5.93. The van der Waals surface area contributed by atoms with E-state index >= 15 is 0 Å². The van der Waals surface area contributed by atoms with Crippen LogP contribution in [0.3, 0.4) is 0 Å². The number of aromatic nitrogens is 1. The molecule has 0 aliphatic carbocycles. The summed E-state index contributed by atoms with van der Waals surface area (Å²) in [4.78, 5) is 14.5. The van der Waals surface area contributed by atoms with Crippen molar-refractivity contribution in [2.24, 2.45) is 0 Å². The Bertz CT molecular complexity index is 1010. The zero-order chi connectivity index (χ0) is 19.2. The Hall–Kier alpha value is -3.36. The monoisotopic (exact) mass is 371 g/mol. The van der Waals surface area contributed by atoms with Crippen LogP contribution in [-0.4, -0.2) is 35.6 Å². The minimum absolute atomic E-state index is 0.258. The average Bonchev–Trinajstić information content (AvgIpc) is 3.24. The van der Waals surface area contributed by atoms with Gasteiger partial charge >= 0.3 is 0 Å². The van der Waals surface area contributed by atoms with Gasteiger partial charge < -0.3 is 9.84 Å². The second kappa shape index (κ2) is 8.55. The van der Waals surface area contributed by atoms with Crippen molar-refractivity contribution in [3.8, 4) is 23.2 Å². The first-order valence-corrected chi connectivity index (χ1v) is 9.35. The molecule has 4 rings (SSSR count).